The quantitative estimate of drug-likeness (QED) is 0.763. The molecule has 0 spiro atoms. The Hall–Kier alpha value is -1.92. The zero-order valence-corrected chi connectivity index (χ0v) is 15.7. The van der Waals surface area contributed by atoms with E-state index in [0.717, 1.165) is 33.4 Å². The Balaban J connectivity index is 1.75. The lowest BCUT2D eigenvalue weighted by atomic mass is 10.1. The van der Waals surface area contributed by atoms with Crippen molar-refractivity contribution in [3.05, 3.63) is 58.1 Å². The van der Waals surface area contributed by atoms with E-state index < -0.39 is 0 Å². The lowest BCUT2D eigenvalue weighted by Crippen LogP contribution is -2.30. The molecule has 0 aliphatic carbocycles. The molecule has 0 bridgehead atoms. The van der Waals surface area contributed by atoms with Crippen molar-refractivity contribution in [3.8, 4) is 0 Å². The Morgan fingerprint density at radius 1 is 1.29 bits per heavy atom. The van der Waals surface area contributed by atoms with Crippen LogP contribution in [-0.4, -0.2) is 17.6 Å². The van der Waals surface area contributed by atoms with Crippen LogP contribution in [0.15, 0.2) is 46.9 Å². The van der Waals surface area contributed by atoms with Crippen molar-refractivity contribution in [2.75, 3.05) is 16.8 Å². The lowest BCUT2D eigenvalue weighted by molar-refractivity contribution is -0.116. The van der Waals surface area contributed by atoms with Crippen LogP contribution >= 0.6 is 28.1 Å². The fraction of sp³-hybridized carbons (Fsp3) is 0.222. The van der Waals surface area contributed by atoms with Crippen LogP contribution in [0, 0.1) is 0 Å². The van der Waals surface area contributed by atoms with Crippen molar-refractivity contribution in [1.82, 2.24) is 5.32 Å². The largest absolute Gasteiger partial charge is 0.358 e. The maximum Gasteiger partial charge on any atom is 0.223 e. The summed E-state index contributed by atoms with van der Waals surface area (Å²) in [6.45, 7) is 2.95. The van der Waals surface area contributed by atoms with Crippen molar-refractivity contribution >= 4 is 50.5 Å². The number of amides is 1. The molecule has 2 aromatic rings. The van der Waals surface area contributed by atoms with E-state index in [9.17, 15) is 4.79 Å². The zero-order chi connectivity index (χ0) is 17.1. The van der Waals surface area contributed by atoms with E-state index in [-0.39, 0.29) is 5.91 Å². The average Bonchev–Trinajstić information content (AvgIpc) is 2.98. The molecule has 1 heterocycles. The first kappa shape index (κ1) is 16.9. The summed E-state index contributed by atoms with van der Waals surface area (Å²) in [4.78, 5) is 13.7. The van der Waals surface area contributed by atoms with Gasteiger partial charge < -0.3 is 15.5 Å². The van der Waals surface area contributed by atoms with Crippen LogP contribution in [0.1, 0.15) is 18.1 Å². The Kier molecular flexibility index (Phi) is 5.16. The van der Waals surface area contributed by atoms with Crippen molar-refractivity contribution in [2.45, 2.75) is 19.9 Å². The first-order valence-corrected chi connectivity index (χ1v) is 8.94. The maximum atomic E-state index is 11.9. The molecule has 4 nitrogen and oxygen atoms in total. The van der Waals surface area contributed by atoms with E-state index in [1.165, 1.54) is 0 Å². The average molecular weight is 404 g/mol. The highest BCUT2D eigenvalue weighted by molar-refractivity contribution is 9.10. The summed E-state index contributed by atoms with van der Waals surface area (Å²) in [6.07, 6.45) is 0.854. The molecule has 0 saturated carbocycles. The molecule has 3 rings (SSSR count). The van der Waals surface area contributed by atoms with Gasteiger partial charge in [0, 0.05) is 24.5 Å². The topological polar surface area (TPSA) is 44.4 Å². The monoisotopic (exact) mass is 403 g/mol. The number of anilines is 2. The molecule has 24 heavy (non-hydrogen) atoms. The summed E-state index contributed by atoms with van der Waals surface area (Å²) in [5.41, 5.74) is 4.08. The molecule has 1 amide bonds. The molecule has 1 aliphatic heterocycles. The predicted molar refractivity (Wildman–Crippen MR) is 105 cm³/mol. The third-order valence-electron chi connectivity index (χ3n) is 3.95. The molecule has 2 N–H and O–H groups in total. The molecule has 0 radical (unpaired) electrons. The number of hydrogen-bond acceptors (Lipinski definition) is 2. The minimum absolute atomic E-state index is 0.0438. The highest BCUT2D eigenvalue weighted by Gasteiger charge is 2.26. The van der Waals surface area contributed by atoms with Crippen molar-refractivity contribution in [3.63, 3.8) is 0 Å². The van der Waals surface area contributed by atoms with Gasteiger partial charge in [0.1, 0.15) is 0 Å². The zero-order valence-electron chi connectivity index (χ0n) is 13.3. The smallest absolute Gasteiger partial charge is 0.223 e. The van der Waals surface area contributed by atoms with Crippen LogP contribution in [0.2, 0.25) is 0 Å². The molecule has 0 fully saturated rings. The third-order valence-corrected chi connectivity index (χ3v) is 4.66. The summed E-state index contributed by atoms with van der Waals surface area (Å²) < 4.78 is 0.972. The number of nitrogens with zero attached hydrogens (tertiary/aromatic N) is 1. The lowest BCUT2D eigenvalue weighted by Gasteiger charge is -2.20. The molecule has 6 heteroatoms. The second-order valence-electron chi connectivity index (χ2n) is 5.68. The van der Waals surface area contributed by atoms with Crippen LogP contribution in [0.4, 0.5) is 11.4 Å². The fourth-order valence-corrected chi connectivity index (χ4v) is 3.55. The van der Waals surface area contributed by atoms with Crippen molar-refractivity contribution in [1.29, 1.82) is 0 Å². The number of fused-ring (bicyclic) bond motifs is 1. The van der Waals surface area contributed by atoms with Crippen LogP contribution in [-0.2, 0) is 17.8 Å². The van der Waals surface area contributed by atoms with Gasteiger partial charge in [-0.15, -0.1) is 0 Å². The molecule has 124 valence electrons. The van der Waals surface area contributed by atoms with Gasteiger partial charge in [-0.25, -0.2) is 0 Å². The number of hydrogen-bond donors (Lipinski definition) is 2. The fourth-order valence-electron chi connectivity index (χ4n) is 2.86. The summed E-state index contributed by atoms with van der Waals surface area (Å²) in [5, 5.41) is 6.97. The second kappa shape index (κ2) is 7.32. The summed E-state index contributed by atoms with van der Waals surface area (Å²) in [7, 11) is 0. The van der Waals surface area contributed by atoms with Gasteiger partial charge >= 0.3 is 0 Å². The number of rotatable bonds is 3. The Labute approximate surface area is 155 Å². The molecule has 0 aromatic heterocycles. The highest BCUT2D eigenvalue weighted by Crippen LogP contribution is 2.38. The van der Waals surface area contributed by atoms with Crippen molar-refractivity contribution < 1.29 is 4.79 Å². The normalized spacial score (nSPS) is 12.7. The van der Waals surface area contributed by atoms with Crippen molar-refractivity contribution in [2.24, 2.45) is 0 Å². The van der Waals surface area contributed by atoms with Crippen LogP contribution < -0.4 is 15.5 Å². The summed E-state index contributed by atoms with van der Waals surface area (Å²) >= 11 is 8.94. The van der Waals surface area contributed by atoms with Gasteiger partial charge in [0.2, 0.25) is 5.91 Å². The van der Waals surface area contributed by atoms with Crippen LogP contribution in [0.3, 0.4) is 0 Å². The standard InChI is InChI=1S/C18H18BrN3OS/c1-12(23)22-8-7-14-9-15(19)10-16(17(14)22)21-18(24)20-11-13-5-3-2-4-6-13/h2-6,9-10H,7-8,11H2,1H3,(H2,20,21,24). The van der Waals surface area contributed by atoms with E-state index >= 15 is 0 Å². The molecular weight excluding hydrogens is 386 g/mol. The van der Waals surface area contributed by atoms with Gasteiger partial charge in [0.25, 0.3) is 0 Å². The Bertz CT molecular complexity index is 779. The van der Waals surface area contributed by atoms with Gasteiger partial charge in [-0.05, 0) is 41.9 Å². The minimum Gasteiger partial charge on any atom is -0.358 e. The summed E-state index contributed by atoms with van der Waals surface area (Å²) in [6, 6.07) is 14.1. The van der Waals surface area contributed by atoms with Gasteiger partial charge in [0.05, 0.1) is 11.4 Å². The number of thiocarbonyl (C=S) groups is 1. The Morgan fingerprint density at radius 2 is 2.04 bits per heavy atom. The van der Waals surface area contributed by atoms with E-state index in [1.54, 1.807) is 11.8 Å². The minimum atomic E-state index is 0.0438. The van der Waals surface area contributed by atoms with E-state index in [0.29, 0.717) is 18.2 Å². The second-order valence-corrected chi connectivity index (χ2v) is 7.00. The molecule has 1 aliphatic rings. The SMILES string of the molecule is CC(=O)N1CCc2cc(Br)cc(NC(=S)NCc3ccccc3)c21. The number of carbonyl (C=O) groups is 1. The number of benzene rings is 2. The van der Waals surface area contributed by atoms with Crippen LogP contribution in [0.25, 0.3) is 0 Å². The number of halogens is 1. The maximum absolute atomic E-state index is 11.9. The predicted octanol–water partition coefficient (Wildman–Crippen LogP) is 3.84. The number of nitrogens with one attached hydrogen (secondary N) is 2. The number of carbonyl (C=O) groups excluding carboxylic acids is 1. The van der Waals surface area contributed by atoms with Gasteiger partial charge in [-0.1, -0.05) is 46.3 Å². The third kappa shape index (κ3) is 3.76. The Morgan fingerprint density at radius 3 is 2.75 bits per heavy atom. The molecule has 0 saturated heterocycles. The highest BCUT2D eigenvalue weighted by atomic mass is 79.9. The first-order valence-electron chi connectivity index (χ1n) is 7.74. The van der Waals surface area contributed by atoms with Gasteiger partial charge in [-0.2, -0.15) is 0 Å². The molecular formula is C18H18BrN3OS. The molecule has 0 atom stereocenters. The van der Waals surface area contributed by atoms with Gasteiger partial charge in [0.15, 0.2) is 5.11 Å². The molecule has 0 unspecified atom stereocenters. The van der Waals surface area contributed by atoms with Gasteiger partial charge in [-0.3, -0.25) is 4.79 Å². The van der Waals surface area contributed by atoms with E-state index in [2.05, 4.69) is 32.6 Å². The first-order chi connectivity index (χ1) is 11.5. The van der Waals surface area contributed by atoms with E-state index in [1.807, 2.05) is 36.4 Å². The van der Waals surface area contributed by atoms with Crippen LogP contribution in [0.5, 0.6) is 0 Å². The van der Waals surface area contributed by atoms with E-state index in [4.69, 9.17) is 12.2 Å². The summed E-state index contributed by atoms with van der Waals surface area (Å²) in [5.74, 6) is 0.0438. The molecule has 2 aromatic carbocycles.